The summed E-state index contributed by atoms with van der Waals surface area (Å²) in [6.07, 6.45) is 6.14. The number of ether oxygens (including phenoxy) is 2. The van der Waals surface area contributed by atoms with E-state index in [4.69, 9.17) is 9.47 Å². The normalized spacial score (nSPS) is 23.1. The lowest BCUT2D eigenvalue weighted by Gasteiger charge is -2.31. The van der Waals surface area contributed by atoms with Crippen molar-refractivity contribution in [1.82, 2.24) is 10.2 Å². The number of nitrogens with zero attached hydrogens (tertiary/aromatic N) is 1. The van der Waals surface area contributed by atoms with Crippen LogP contribution in [0.3, 0.4) is 0 Å². The number of nitrogens with one attached hydrogen (secondary N) is 1. The van der Waals surface area contributed by atoms with Crippen LogP contribution in [0.2, 0.25) is 0 Å². The Morgan fingerprint density at radius 2 is 1.96 bits per heavy atom. The molecule has 0 unspecified atom stereocenters. The van der Waals surface area contributed by atoms with Gasteiger partial charge in [0.05, 0.1) is 5.92 Å². The van der Waals surface area contributed by atoms with Crippen LogP contribution in [0.5, 0.6) is 11.5 Å². The van der Waals surface area contributed by atoms with Gasteiger partial charge in [-0.05, 0) is 30.5 Å². The predicted octanol–water partition coefficient (Wildman–Crippen LogP) is 2.21. The maximum absolute atomic E-state index is 12.5. The molecular formula is C19H24N2O4. The fourth-order valence-corrected chi connectivity index (χ4v) is 4.04. The highest BCUT2D eigenvalue weighted by molar-refractivity contribution is 5.89. The van der Waals surface area contributed by atoms with Gasteiger partial charge in [-0.1, -0.05) is 25.3 Å². The Morgan fingerprint density at radius 3 is 2.80 bits per heavy atom. The highest BCUT2D eigenvalue weighted by Crippen LogP contribution is 2.32. The van der Waals surface area contributed by atoms with E-state index >= 15 is 0 Å². The molecule has 1 saturated heterocycles. The average molecular weight is 344 g/mol. The zero-order valence-corrected chi connectivity index (χ0v) is 14.3. The van der Waals surface area contributed by atoms with Crippen molar-refractivity contribution in [2.45, 2.75) is 51.1 Å². The van der Waals surface area contributed by atoms with Crippen LogP contribution in [-0.2, 0) is 16.1 Å². The molecule has 0 aromatic heterocycles. The SMILES string of the molecule is O=C(NCc1ccc2c(c1)OCO2)[C@H]1CC(=O)N(C2CCCCC2)C1. The second-order valence-electron chi connectivity index (χ2n) is 7.14. The van der Waals surface area contributed by atoms with E-state index in [1.165, 1.54) is 19.3 Å². The maximum Gasteiger partial charge on any atom is 0.231 e. The average Bonchev–Trinajstić information content (AvgIpc) is 3.26. The molecule has 1 aliphatic carbocycles. The van der Waals surface area contributed by atoms with Gasteiger partial charge in [-0.25, -0.2) is 0 Å². The van der Waals surface area contributed by atoms with E-state index in [0.29, 0.717) is 31.3 Å². The summed E-state index contributed by atoms with van der Waals surface area (Å²) in [5.74, 6) is 1.31. The molecule has 0 spiro atoms. The molecule has 2 fully saturated rings. The standard InChI is InChI=1S/C19H24N2O4/c22-18-9-14(11-21(18)15-4-2-1-3-5-15)19(23)20-10-13-6-7-16-17(8-13)25-12-24-16/h6-8,14-15H,1-5,9-12H2,(H,20,23)/t14-/m0/s1. The van der Waals surface area contributed by atoms with E-state index in [-0.39, 0.29) is 24.5 Å². The lowest BCUT2D eigenvalue weighted by Crippen LogP contribution is -2.39. The van der Waals surface area contributed by atoms with E-state index in [0.717, 1.165) is 24.2 Å². The smallest absolute Gasteiger partial charge is 0.231 e. The Kier molecular flexibility index (Phi) is 4.51. The molecule has 0 bridgehead atoms. The van der Waals surface area contributed by atoms with Gasteiger partial charge >= 0.3 is 0 Å². The molecule has 134 valence electrons. The summed E-state index contributed by atoms with van der Waals surface area (Å²) in [6, 6.07) is 6.00. The van der Waals surface area contributed by atoms with E-state index in [1.807, 2.05) is 23.1 Å². The van der Waals surface area contributed by atoms with Crippen molar-refractivity contribution in [1.29, 1.82) is 0 Å². The van der Waals surface area contributed by atoms with E-state index in [1.54, 1.807) is 0 Å². The molecule has 0 radical (unpaired) electrons. The van der Waals surface area contributed by atoms with Crippen molar-refractivity contribution in [3.8, 4) is 11.5 Å². The van der Waals surface area contributed by atoms with Gasteiger partial charge in [-0.3, -0.25) is 9.59 Å². The van der Waals surface area contributed by atoms with Crippen LogP contribution < -0.4 is 14.8 Å². The van der Waals surface area contributed by atoms with Crippen molar-refractivity contribution >= 4 is 11.8 Å². The first kappa shape index (κ1) is 16.2. The number of fused-ring (bicyclic) bond motifs is 1. The van der Waals surface area contributed by atoms with Crippen molar-refractivity contribution in [3.05, 3.63) is 23.8 Å². The highest BCUT2D eigenvalue weighted by atomic mass is 16.7. The summed E-state index contributed by atoms with van der Waals surface area (Å²) < 4.78 is 10.6. The Bertz CT molecular complexity index is 669. The number of carbonyl (C=O) groups is 2. The number of likely N-dealkylation sites (tertiary alicyclic amines) is 1. The summed E-state index contributed by atoms with van der Waals surface area (Å²) in [6.45, 7) is 1.24. The molecule has 4 rings (SSSR count). The third kappa shape index (κ3) is 3.43. The number of rotatable bonds is 4. The first-order chi connectivity index (χ1) is 12.2. The van der Waals surface area contributed by atoms with Crippen LogP contribution in [0, 0.1) is 5.92 Å². The van der Waals surface area contributed by atoms with Gasteiger partial charge in [-0.15, -0.1) is 0 Å². The molecule has 1 saturated carbocycles. The lowest BCUT2D eigenvalue weighted by molar-refractivity contribution is -0.130. The number of carbonyl (C=O) groups excluding carboxylic acids is 2. The van der Waals surface area contributed by atoms with Crippen molar-refractivity contribution < 1.29 is 19.1 Å². The summed E-state index contributed by atoms with van der Waals surface area (Å²) in [5, 5.41) is 2.96. The highest BCUT2D eigenvalue weighted by Gasteiger charge is 2.38. The molecule has 6 heteroatoms. The van der Waals surface area contributed by atoms with Crippen LogP contribution in [0.15, 0.2) is 18.2 Å². The Labute approximate surface area is 147 Å². The molecule has 2 heterocycles. The van der Waals surface area contributed by atoms with Crippen molar-refractivity contribution in [3.63, 3.8) is 0 Å². The third-order valence-corrected chi connectivity index (χ3v) is 5.45. The van der Waals surface area contributed by atoms with Crippen LogP contribution in [-0.4, -0.2) is 36.1 Å². The third-order valence-electron chi connectivity index (χ3n) is 5.45. The summed E-state index contributed by atoms with van der Waals surface area (Å²) in [5.41, 5.74) is 0.964. The number of amides is 2. The van der Waals surface area contributed by atoms with Gasteiger partial charge in [0, 0.05) is 25.6 Å². The first-order valence-electron chi connectivity index (χ1n) is 9.16. The molecule has 6 nitrogen and oxygen atoms in total. The Hall–Kier alpha value is -2.24. The van der Waals surface area contributed by atoms with Crippen molar-refractivity contribution in [2.24, 2.45) is 5.92 Å². The van der Waals surface area contributed by atoms with E-state index in [2.05, 4.69) is 5.32 Å². The summed E-state index contributed by atoms with van der Waals surface area (Å²) in [4.78, 5) is 26.7. The number of hydrogen-bond acceptors (Lipinski definition) is 4. The molecule has 1 N–H and O–H groups in total. The monoisotopic (exact) mass is 344 g/mol. The van der Waals surface area contributed by atoms with E-state index < -0.39 is 0 Å². The minimum atomic E-state index is -0.233. The maximum atomic E-state index is 12.5. The topological polar surface area (TPSA) is 67.9 Å². The Morgan fingerprint density at radius 1 is 1.16 bits per heavy atom. The quantitative estimate of drug-likeness (QED) is 0.909. The minimum Gasteiger partial charge on any atom is -0.454 e. The fraction of sp³-hybridized carbons (Fsp3) is 0.579. The van der Waals surface area contributed by atoms with Gasteiger partial charge in [0.1, 0.15) is 0 Å². The largest absolute Gasteiger partial charge is 0.454 e. The van der Waals surface area contributed by atoms with Gasteiger partial charge in [0.2, 0.25) is 18.6 Å². The van der Waals surface area contributed by atoms with Gasteiger partial charge in [0.15, 0.2) is 11.5 Å². The summed E-state index contributed by atoms with van der Waals surface area (Å²) >= 11 is 0. The van der Waals surface area contributed by atoms with Crippen LogP contribution in [0.25, 0.3) is 0 Å². The van der Waals surface area contributed by atoms with Gasteiger partial charge < -0.3 is 19.7 Å². The molecule has 2 amide bonds. The van der Waals surface area contributed by atoms with Gasteiger partial charge in [0.25, 0.3) is 0 Å². The Balaban J connectivity index is 1.31. The summed E-state index contributed by atoms with van der Waals surface area (Å²) in [7, 11) is 0. The zero-order chi connectivity index (χ0) is 17.2. The van der Waals surface area contributed by atoms with Gasteiger partial charge in [-0.2, -0.15) is 0 Å². The molecule has 3 aliphatic rings. The van der Waals surface area contributed by atoms with Crippen molar-refractivity contribution in [2.75, 3.05) is 13.3 Å². The van der Waals surface area contributed by atoms with Crippen LogP contribution in [0.4, 0.5) is 0 Å². The van der Waals surface area contributed by atoms with E-state index in [9.17, 15) is 9.59 Å². The lowest BCUT2D eigenvalue weighted by atomic mass is 9.94. The minimum absolute atomic E-state index is 0.0377. The molecule has 25 heavy (non-hydrogen) atoms. The molecule has 2 aliphatic heterocycles. The molecule has 1 atom stereocenters. The zero-order valence-electron chi connectivity index (χ0n) is 14.3. The predicted molar refractivity (Wildman–Crippen MR) is 91.1 cm³/mol. The second-order valence-corrected chi connectivity index (χ2v) is 7.14. The first-order valence-corrected chi connectivity index (χ1v) is 9.16. The molecule has 1 aromatic rings. The molecular weight excluding hydrogens is 320 g/mol. The van der Waals surface area contributed by atoms with Crippen LogP contribution >= 0.6 is 0 Å². The fourth-order valence-electron chi connectivity index (χ4n) is 4.04. The van der Waals surface area contributed by atoms with Crippen LogP contribution in [0.1, 0.15) is 44.1 Å². The second kappa shape index (κ2) is 6.94. The number of hydrogen-bond donors (Lipinski definition) is 1. The number of benzene rings is 1. The molecule has 1 aromatic carbocycles.